The van der Waals surface area contributed by atoms with Crippen molar-refractivity contribution in [2.45, 2.75) is 20.3 Å². The molecular formula is C23H26O6. The lowest BCUT2D eigenvalue weighted by Gasteiger charge is -2.04. The molecule has 2 aromatic rings. The van der Waals surface area contributed by atoms with Gasteiger partial charge in [0.2, 0.25) is 0 Å². The van der Waals surface area contributed by atoms with Crippen LogP contribution < -0.4 is 0 Å². The summed E-state index contributed by atoms with van der Waals surface area (Å²) in [4.78, 5) is 22.7. The van der Waals surface area contributed by atoms with Crippen molar-refractivity contribution < 1.29 is 29.3 Å². The predicted octanol–water partition coefficient (Wildman–Crippen LogP) is 4.64. The Morgan fingerprint density at radius 3 is 1.55 bits per heavy atom. The molecule has 0 aliphatic carbocycles. The number of hydrogen-bond acceptors (Lipinski definition) is 6. The summed E-state index contributed by atoms with van der Waals surface area (Å²) in [5, 5.41) is 18.0. The molecule has 0 heterocycles. The largest absolute Gasteiger partial charge is 0.508 e. The van der Waals surface area contributed by atoms with Gasteiger partial charge in [0.15, 0.2) is 0 Å². The van der Waals surface area contributed by atoms with E-state index >= 15 is 0 Å². The van der Waals surface area contributed by atoms with Gasteiger partial charge in [-0.25, -0.2) is 9.59 Å². The minimum atomic E-state index is -0.409. The predicted molar refractivity (Wildman–Crippen MR) is 111 cm³/mol. The van der Waals surface area contributed by atoms with E-state index in [2.05, 4.69) is 13.2 Å². The third kappa shape index (κ3) is 9.81. The molecule has 0 unspecified atom stereocenters. The van der Waals surface area contributed by atoms with Crippen LogP contribution >= 0.6 is 0 Å². The van der Waals surface area contributed by atoms with Gasteiger partial charge in [0.05, 0.1) is 17.7 Å². The smallest absolute Gasteiger partial charge is 0.338 e. The minimum Gasteiger partial charge on any atom is -0.508 e. The summed E-state index contributed by atoms with van der Waals surface area (Å²) in [6.45, 7) is 11.6. The summed E-state index contributed by atoms with van der Waals surface area (Å²) < 4.78 is 9.91. The van der Waals surface area contributed by atoms with Crippen molar-refractivity contribution in [1.29, 1.82) is 0 Å². The first-order valence-corrected chi connectivity index (χ1v) is 8.90. The molecule has 2 aromatic carbocycles. The van der Waals surface area contributed by atoms with Crippen LogP contribution in [0.2, 0.25) is 0 Å². The SMILES string of the molecule is C=C(C)CCOC(=O)c1ccc(O)cc1.C=C(C)COC(=O)c1ccc(O)cc1. The van der Waals surface area contributed by atoms with E-state index in [0.717, 1.165) is 11.1 Å². The molecule has 6 heteroatoms. The van der Waals surface area contributed by atoms with E-state index in [4.69, 9.17) is 19.7 Å². The van der Waals surface area contributed by atoms with Crippen molar-refractivity contribution in [3.8, 4) is 11.5 Å². The van der Waals surface area contributed by atoms with Crippen LogP contribution in [-0.2, 0) is 9.47 Å². The van der Waals surface area contributed by atoms with E-state index < -0.39 is 5.97 Å². The van der Waals surface area contributed by atoms with Crippen LogP contribution in [0, 0.1) is 0 Å². The van der Waals surface area contributed by atoms with Crippen LogP contribution in [0.5, 0.6) is 11.5 Å². The van der Waals surface area contributed by atoms with E-state index in [1.54, 1.807) is 6.92 Å². The van der Waals surface area contributed by atoms with Crippen LogP contribution in [0.15, 0.2) is 72.8 Å². The molecule has 0 aliphatic heterocycles. The Bertz CT molecular complexity index is 835. The van der Waals surface area contributed by atoms with Gasteiger partial charge in [-0.3, -0.25) is 0 Å². The third-order valence-electron chi connectivity index (χ3n) is 3.42. The zero-order valence-corrected chi connectivity index (χ0v) is 16.7. The first-order valence-electron chi connectivity index (χ1n) is 8.90. The Hall–Kier alpha value is -3.54. The van der Waals surface area contributed by atoms with E-state index in [0.29, 0.717) is 24.2 Å². The highest BCUT2D eigenvalue weighted by atomic mass is 16.5. The molecule has 6 nitrogen and oxygen atoms in total. The maximum absolute atomic E-state index is 11.4. The number of carbonyl (C=O) groups excluding carboxylic acids is 2. The highest BCUT2D eigenvalue weighted by Crippen LogP contribution is 2.11. The second kappa shape index (κ2) is 12.0. The number of phenolic OH excluding ortho intramolecular Hbond substituents is 2. The zero-order valence-electron chi connectivity index (χ0n) is 16.7. The van der Waals surface area contributed by atoms with Gasteiger partial charge in [-0.05, 0) is 68.0 Å². The molecule has 0 bridgehead atoms. The molecule has 2 N–H and O–H groups in total. The van der Waals surface area contributed by atoms with Gasteiger partial charge in [0.1, 0.15) is 18.1 Å². The summed E-state index contributed by atoms with van der Waals surface area (Å²) in [7, 11) is 0. The van der Waals surface area contributed by atoms with Crippen LogP contribution in [-0.4, -0.2) is 35.4 Å². The lowest BCUT2D eigenvalue weighted by Crippen LogP contribution is -2.06. The molecule has 0 aliphatic rings. The average molecular weight is 398 g/mol. The molecule has 0 saturated heterocycles. The normalized spacial score (nSPS) is 9.59. The molecule has 0 aromatic heterocycles. The van der Waals surface area contributed by atoms with Crippen LogP contribution in [0.25, 0.3) is 0 Å². The van der Waals surface area contributed by atoms with Gasteiger partial charge in [0, 0.05) is 6.42 Å². The second-order valence-corrected chi connectivity index (χ2v) is 6.47. The van der Waals surface area contributed by atoms with Gasteiger partial charge < -0.3 is 19.7 Å². The van der Waals surface area contributed by atoms with E-state index in [-0.39, 0.29) is 24.1 Å². The number of aromatic hydroxyl groups is 2. The molecule has 0 fully saturated rings. The van der Waals surface area contributed by atoms with Crippen LogP contribution in [0.1, 0.15) is 41.0 Å². The van der Waals surface area contributed by atoms with Crippen molar-refractivity contribution >= 4 is 11.9 Å². The zero-order chi connectivity index (χ0) is 21.8. The molecule has 0 atom stereocenters. The molecule has 0 radical (unpaired) electrons. The van der Waals surface area contributed by atoms with Gasteiger partial charge in [-0.2, -0.15) is 0 Å². The molecule has 154 valence electrons. The van der Waals surface area contributed by atoms with Gasteiger partial charge in [0.25, 0.3) is 0 Å². The third-order valence-corrected chi connectivity index (χ3v) is 3.42. The average Bonchev–Trinajstić information content (AvgIpc) is 2.67. The first kappa shape index (κ1) is 23.5. The highest BCUT2D eigenvalue weighted by Gasteiger charge is 2.07. The lowest BCUT2D eigenvalue weighted by atomic mass is 10.2. The molecule has 0 saturated carbocycles. The number of hydrogen-bond donors (Lipinski definition) is 2. The summed E-state index contributed by atoms with van der Waals surface area (Å²) in [6.07, 6.45) is 0.670. The Balaban J connectivity index is 0.000000291. The minimum absolute atomic E-state index is 0.126. The number of phenols is 2. The summed E-state index contributed by atoms with van der Waals surface area (Å²) in [5.74, 6) is -0.529. The fourth-order valence-corrected chi connectivity index (χ4v) is 1.87. The quantitative estimate of drug-likeness (QED) is 0.521. The molecule has 0 amide bonds. The Morgan fingerprint density at radius 1 is 0.759 bits per heavy atom. The number of benzene rings is 2. The van der Waals surface area contributed by atoms with Crippen LogP contribution in [0.3, 0.4) is 0 Å². The topological polar surface area (TPSA) is 93.1 Å². The van der Waals surface area contributed by atoms with Crippen LogP contribution in [0.4, 0.5) is 0 Å². The summed E-state index contributed by atoms with van der Waals surface area (Å²) >= 11 is 0. The van der Waals surface area contributed by atoms with Crippen molar-refractivity contribution in [3.63, 3.8) is 0 Å². The standard InChI is InChI=1S/C12H14O3.C11H12O3/c1-9(2)7-8-15-12(14)10-3-5-11(13)6-4-10;1-8(2)7-14-11(13)9-3-5-10(12)6-4-9/h3-6,13H,1,7-8H2,2H3;3-6,12H,1,7H2,2H3. The number of esters is 2. The Morgan fingerprint density at radius 2 is 1.17 bits per heavy atom. The molecule has 2 rings (SSSR count). The maximum atomic E-state index is 11.4. The van der Waals surface area contributed by atoms with E-state index in [9.17, 15) is 9.59 Å². The summed E-state index contributed by atoms with van der Waals surface area (Å²) in [5.41, 5.74) is 2.63. The van der Waals surface area contributed by atoms with Gasteiger partial charge >= 0.3 is 11.9 Å². The van der Waals surface area contributed by atoms with E-state index in [1.807, 2.05) is 6.92 Å². The van der Waals surface area contributed by atoms with Gasteiger partial charge in [-0.1, -0.05) is 12.2 Å². The Labute approximate surface area is 170 Å². The monoisotopic (exact) mass is 398 g/mol. The number of carbonyl (C=O) groups is 2. The molecule has 0 spiro atoms. The lowest BCUT2D eigenvalue weighted by molar-refractivity contribution is 0.0507. The summed E-state index contributed by atoms with van der Waals surface area (Å²) in [6, 6.07) is 11.9. The fourth-order valence-electron chi connectivity index (χ4n) is 1.87. The van der Waals surface area contributed by atoms with Crippen molar-refractivity contribution in [1.82, 2.24) is 0 Å². The molecule has 29 heavy (non-hydrogen) atoms. The second-order valence-electron chi connectivity index (χ2n) is 6.47. The number of rotatable bonds is 7. The van der Waals surface area contributed by atoms with Crippen molar-refractivity contribution in [2.75, 3.05) is 13.2 Å². The fraction of sp³-hybridized carbons (Fsp3) is 0.217. The highest BCUT2D eigenvalue weighted by molar-refractivity contribution is 5.90. The van der Waals surface area contributed by atoms with Gasteiger partial charge in [-0.15, -0.1) is 6.58 Å². The van der Waals surface area contributed by atoms with Crippen molar-refractivity contribution in [3.05, 3.63) is 84.0 Å². The Kier molecular flexibility index (Phi) is 9.74. The molecular weight excluding hydrogens is 372 g/mol. The maximum Gasteiger partial charge on any atom is 0.338 e. The first-order chi connectivity index (χ1) is 13.7. The van der Waals surface area contributed by atoms with E-state index in [1.165, 1.54) is 48.5 Å². The number of ether oxygens (including phenoxy) is 2. The van der Waals surface area contributed by atoms with Crippen molar-refractivity contribution in [2.24, 2.45) is 0 Å².